The number of rotatable bonds is 9. The molecule has 1 aromatic carbocycles. The van der Waals surface area contributed by atoms with Gasteiger partial charge < -0.3 is 34.1 Å². The fraction of sp³-hybridized carbons (Fsp3) is 0.304. The van der Waals surface area contributed by atoms with Crippen LogP contribution in [0.3, 0.4) is 0 Å². The molecular weight excluding hydrogens is 438 g/mol. The quantitative estimate of drug-likeness (QED) is 0.359. The summed E-state index contributed by atoms with van der Waals surface area (Å²) in [5.74, 6) is 2.55. The molecule has 0 unspecified atom stereocenters. The fourth-order valence-corrected chi connectivity index (χ4v) is 3.54. The molecule has 0 radical (unpaired) electrons. The molecule has 3 aromatic heterocycles. The Bertz CT molecular complexity index is 1230. The van der Waals surface area contributed by atoms with Gasteiger partial charge in [-0.15, -0.1) is 0 Å². The summed E-state index contributed by atoms with van der Waals surface area (Å²) in [4.78, 5) is 23.4. The molecule has 0 bridgehead atoms. The monoisotopic (exact) mass is 463 g/mol. The van der Waals surface area contributed by atoms with Crippen molar-refractivity contribution in [1.29, 1.82) is 0 Å². The number of imidazole rings is 1. The van der Waals surface area contributed by atoms with Crippen LogP contribution in [0.15, 0.2) is 48.7 Å². The molecule has 0 aliphatic carbocycles. The van der Waals surface area contributed by atoms with Crippen molar-refractivity contribution in [3.63, 3.8) is 0 Å². The SMILES string of the molecule is COc1cccc(Nc2nc3nc(OCCOc4ccccn4)nc(N4CCOCC4)c3[nH]2)c1. The van der Waals surface area contributed by atoms with E-state index in [1.54, 1.807) is 19.4 Å². The van der Waals surface area contributed by atoms with Crippen molar-refractivity contribution in [2.75, 3.05) is 56.8 Å². The van der Waals surface area contributed by atoms with E-state index in [2.05, 4.69) is 35.1 Å². The minimum Gasteiger partial charge on any atom is -0.497 e. The number of benzene rings is 1. The van der Waals surface area contributed by atoms with Crippen molar-refractivity contribution in [3.8, 4) is 17.6 Å². The van der Waals surface area contributed by atoms with Crippen LogP contribution in [0.5, 0.6) is 17.6 Å². The van der Waals surface area contributed by atoms with E-state index in [0.717, 1.165) is 22.8 Å². The van der Waals surface area contributed by atoms with E-state index in [1.807, 2.05) is 36.4 Å². The molecule has 0 saturated carbocycles. The summed E-state index contributed by atoms with van der Waals surface area (Å²) < 4.78 is 22.2. The molecule has 5 rings (SSSR count). The highest BCUT2D eigenvalue weighted by Gasteiger charge is 2.21. The van der Waals surface area contributed by atoms with Gasteiger partial charge in [0.2, 0.25) is 11.8 Å². The van der Waals surface area contributed by atoms with E-state index in [-0.39, 0.29) is 12.6 Å². The predicted molar refractivity (Wildman–Crippen MR) is 126 cm³/mol. The minimum atomic E-state index is 0.234. The normalized spacial score (nSPS) is 13.6. The van der Waals surface area contributed by atoms with Gasteiger partial charge in [-0.25, -0.2) is 4.98 Å². The summed E-state index contributed by atoms with van der Waals surface area (Å²) in [6, 6.07) is 13.3. The van der Waals surface area contributed by atoms with Crippen molar-refractivity contribution in [2.24, 2.45) is 0 Å². The molecule has 2 N–H and O–H groups in total. The van der Waals surface area contributed by atoms with Crippen LogP contribution in [0.2, 0.25) is 0 Å². The molecule has 1 fully saturated rings. The van der Waals surface area contributed by atoms with E-state index < -0.39 is 0 Å². The van der Waals surface area contributed by atoms with E-state index >= 15 is 0 Å². The Balaban J connectivity index is 1.36. The van der Waals surface area contributed by atoms with Crippen molar-refractivity contribution in [1.82, 2.24) is 24.9 Å². The molecule has 1 saturated heterocycles. The molecule has 0 atom stereocenters. The largest absolute Gasteiger partial charge is 0.497 e. The Morgan fingerprint density at radius 1 is 1.03 bits per heavy atom. The first-order chi connectivity index (χ1) is 16.8. The maximum Gasteiger partial charge on any atom is 0.320 e. The fourth-order valence-electron chi connectivity index (χ4n) is 3.54. The van der Waals surface area contributed by atoms with Crippen molar-refractivity contribution in [2.45, 2.75) is 0 Å². The molecule has 0 spiro atoms. The lowest BCUT2D eigenvalue weighted by Gasteiger charge is -2.28. The molecule has 1 aliphatic heterocycles. The molecular formula is C23H25N7O4. The van der Waals surface area contributed by atoms with Crippen molar-refractivity contribution < 1.29 is 18.9 Å². The van der Waals surface area contributed by atoms with Gasteiger partial charge in [0.25, 0.3) is 0 Å². The van der Waals surface area contributed by atoms with Gasteiger partial charge in [0.15, 0.2) is 11.5 Å². The average Bonchev–Trinajstić information content (AvgIpc) is 3.29. The number of hydrogen-bond acceptors (Lipinski definition) is 10. The summed E-state index contributed by atoms with van der Waals surface area (Å²) >= 11 is 0. The van der Waals surface area contributed by atoms with Crippen molar-refractivity contribution >= 4 is 28.6 Å². The summed E-state index contributed by atoms with van der Waals surface area (Å²) in [6.45, 7) is 3.27. The van der Waals surface area contributed by atoms with Gasteiger partial charge >= 0.3 is 6.01 Å². The second-order valence-electron chi connectivity index (χ2n) is 7.44. The van der Waals surface area contributed by atoms with Gasteiger partial charge in [0, 0.05) is 37.1 Å². The number of fused-ring (bicyclic) bond motifs is 1. The van der Waals surface area contributed by atoms with Gasteiger partial charge in [-0.2, -0.15) is 15.0 Å². The standard InChI is InChI=1S/C23H25N7O4/c1-31-17-6-4-5-16(15-17)25-22-26-19-20(27-22)28-23(29-21(19)30-9-11-32-12-10-30)34-14-13-33-18-7-2-3-8-24-18/h2-8,15H,9-14H2,1H3,(H2,25,26,27,28,29). The molecule has 1 aliphatic rings. The van der Waals surface area contributed by atoms with Gasteiger partial charge in [-0.05, 0) is 18.2 Å². The first-order valence-electron chi connectivity index (χ1n) is 11.0. The minimum absolute atomic E-state index is 0.234. The lowest BCUT2D eigenvalue weighted by Crippen LogP contribution is -2.37. The molecule has 4 aromatic rings. The second kappa shape index (κ2) is 10.2. The molecule has 34 heavy (non-hydrogen) atoms. The zero-order chi connectivity index (χ0) is 23.2. The Morgan fingerprint density at radius 2 is 1.91 bits per heavy atom. The number of aromatic amines is 1. The van der Waals surface area contributed by atoms with Gasteiger partial charge in [-0.3, -0.25) is 0 Å². The number of nitrogens with one attached hydrogen (secondary N) is 2. The van der Waals surface area contributed by atoms with Gasteiger partial charge in [0.1, 0.15) is 24.5 Å². The maximum absolute atomic E-state index is 5.80. The smallest absolute Gasteiger partial charge is 0.320 e. The summed E-state index contributed by atoms with van der Waals surface area (Å²) in [7, 11) is 1.63. The number of pyridine rings is 1. The average molecular weight is 463 g/mol. The Morgan fingerprint density at radius 3 is 2.74 bits per heavy atom. The van der Waals surface area contributed by atoms with Crippen LogP contribution < -0.4 is 24.4 Å². The number of aromatic nitrogens is 5. The lowest BCUT2D eigenvalue weighted by atomic mass is 10.3. The number of hydrogen-bond donors (Lipinski definition) is 2. The van der Waals surface area contributed by atoms with E-state index in [4.69, 9.17) is 18.9 Å². The van der Waals surface area contributed by atoms with Gasteiger partial charge in [-0.1, -0.05) is 12.1 Å². The third-order valence-corrected chi connectivity index (χ3v) is 5.16. The van der Waals surface area contributed by atoms with Crippen molar-refractivity contribution in [3.05, 3.63) is 48.7 Å². The Hall–Kier alpha value is -4.12. The molecule has 11 heteroatoms. The number of nitrogens with zero attached hydrogens (tertiary/aromatic N) is 5. The van der Waals surface area contributed by atoms with E-state index in [1.165, 1.54) is 0 Å². The zero-order valence-electron chi connectivity index (χ0n) is 18.7. The topological polar surface area (TPSA) is 120 Å². The summed E-state index contributed by atoms with van der Waals surface area (Å²) in [6.07, 6.45) is 1.68. The highest BCUT2D eigenvalue weighted by Crippen LogP contribution is 2.28. The van der Waals surface area contributed by atoms with Crippen LogP contribution in [0.25, 0.3) is 11.2 Å². The van der Waals surface area contributed by atoms with E-state index in [0.29, 0.717) is 50.4 Å². The highest BCUT2D eigenvalue weighted by molar-refractivity contribution is 5.86. The highest BCUT2D eigenvalue weighted by atomic mass is 16.5. The Kier molecular flexibility index (Phi) is 6.52. The van der Waals surface area contributed by atoms with Crippen LogP contribution in [0.4, 0.5) is 17.5 Å². The van der Waals surface area contributed by atoms with Crippen LogP contribution in [0.1, 0.15) is 0 Å². The van der Waals surface area contributed by atoms with Crippen LogP contribution in [-0.4, -0.2) is 71.5 Å². The summed E-state index contributed by atoms with van der Waals surface area (Å²) in [5.41, 5.74) is 2.06. The third-order valence-electron chi connectivity index (χ3n) is 5.16. The third kappa shape index (κ3) is 5.09. The Labute approximate surface area is 196 Å². The maximum atomic E-state index is 5.80. The van der Waals surface area contributed by atoms with E-state index in [9.17, 15) is 0 Å². The second-order valence-corrected chi connectivity index (χ2v) is 7.44. The molecule has 4 heterocycles. The number of anilines is 3. The van der Waals surface area contributed by atoms with Gasteiger partial charge in [0.05, 0.1) is 20.3 Å². The first-order valence-corrected chi connectivity index (χ1v) is 11.0. The summed E-state index contributed by atoms with van der Waals surface area (Å²) in [5, 5.41) is 3.26. The first kappa shape index (κ1) is 21.7. The van der Waals surface area contributed by atoms with Crippen LogP contribution in [-0.2, 0) is 4.74 Å². The van der Waals surface area contributed by atoms with Crippen LogP contribution in [0, 0.1) is 0 Å². The predicted octanol–water partition coefficient (Wildman–Crippen LogP) is 2.79. The zero-order valence-corrected chi connectivity index (χ0v) is 18.7. The number of ether oxygens (including phenoxy) is 4. The van der Waals surface area contributed by atoms with Crippen LogP contribution >= 0.6 is 0 Å². The molecule has 0 amide bonds. The number of morpholine rings is 1. The molecule has 11 nitrogen and oxygen atoms in total. The lowest BCUT2D eigenvalue weighted by molar-refractivity contribution is 0.122. The molecule has 176 valence electrons. The number of methoxy groups -OCH3 is 1. The number of H-pyrrole nitrogens is 1.